The van der Waals surface area contributed by atoms with Gasteiger partial charge in [0.05, 0.1) is 23.8 Å². The van der Waals surface area contributed by atoms with Gasteiger partial charge in [0.2, 0.25) is 0 Å². The number of hydrogen-bond donors (Lipinski definition) is 3. The van der Waals surface area contributed by atoms with Crippen LogP contribution in [0, 0.1) is 11.3 Å². The minimum absolute atomic E-state index is 0.187. The highest BCUT2D eigenvalue weighted by atomic mass is 16.3. The van der Waals surface area contributed by atoms with Crippen LogP contribution in [-0.2, 0) is 0 Å². The SMILES string of the molecule is N#Cc1cccc(NC(=O)N[C@@H]2CCCC[C@H]2O)c1. The number of urea groups is 1. The number of nitrogens with one attached hydrogen (secondary N) is 2. The molecule has 100 valence electrons. The summed E-state index contributed by atoms with van der Waals surface area (Å²) in [5.74, 6) is 0. The Morgan fingerprint density at radius 2 is 2.16 bits per heavy atom. The van der Waals surface area contributed by atoms with Gasteiger partial charge in [0, 0.05) is 5.69 Å². The number of benzene rings is 1. The van der Waals surface area contributed by atoms with Crippen LogP contribution in [0.1, 0.15) is 31.2 Å². The standard InChI is InChI=1S/C14H17N3O2/c15-9-10-4-3-5-11(8-10)16-14(19)17-12-6-1-2-7-13(12)18/h3-5,8,12-13,18H,1-2,6-7H2,(H2,16,17,19)/t12-,13-/m1/s1. The van der Waals surface area contributed by atoms with E-state index >= 15 is 0 Å². The molecule has 0 unspecified atom stereocenters. The molecule has 1 fully saturated rings. The minimum Gasteiger partial charge on any atom is -0.391 e. The van der Waals surface area contributed by atoms with E-state index in [-0.39, 0.29) is 12.1 Å². The van der Waals surface area contributed by atoms with E-state index < -0.39 is 6.10 Å². The van der Waals surface area contributed by atoms with Crippen molar-refractivity contribution in [2.24, 2.45) is 0 Å². The maximum atomic E-state index is 11.8. The number of carbonyl (C=O) groups is 1. The molecule has 0 aliphatic heterocycles. The molecule has 0 spiro atoms. The number of nitrogens with zero attached hydrogens (tertiary/aromatic N) is 1. The summed E-state index contributed by atoms with van der Waals surface area (Å²) in [6.45, 7) is 0. The van der Waals surface area contributed by atoms with Crippen molar-refractivity contribution in [3.05, 3.63) is 29.8 Å². The van der Waals surface area contributed by atoms with Crippen LogP contribution in [0.5, 0.6) is 0 Å². The Labute approximate surface area is 112 Å². The number of carbonyl (C=O) groups excluding carboxylic acids is 1. The van der Waals surface area contributed by atoms with E-state index in [2.05, 4.69) is 10.6 Å². The predicted octanol–water partition coefficient (Wildman–Crippen LogP) is 1.98. The maximum Gasteiger partial charge on any atom is 0.319 e. The average Bonchev–Trinajstić information content (AvgIpc) is 2.41. The number of rotatable bonds is 2. The molecule has 0 saturated heterocycles. The Bertz CT molecular complexity index is 496. The van der Waals surface area contributed by atoms with Gasteiger partial charge in [0.15, 0.2) is 0 Å². The smallest absolute Gasteiger partial charge is 0.319 e. The summed E-state index contributed by atoms with van der Waals surface area (Å²) in [6, 6.07) is 8.20. The highest BCUT2D eigenvalue weighted by molar-refractivity contribution is 5.89. The molecule has 0 radical (unpaired) electrons. The second-order valence-electron chi connectivity index (χ2n) is 4.75. The Balaban J connectivity index is 1.91. The average molecular weight is 259 g/mol. The topological polar surface area (TPSA) is 85.2 Å². The van der Waals surface area contributed by atoms with Gasteiger partial charge < -0.3 is 15.7 Å². The Morgan fingerprint density at radius 1 is 1.37 bits per heavy atom. The summed E-state index contributed by atoms with van der Waals surface area (Å²) in [7, 11) is 0. The monoisotopic (exact) mass is 259 g/mol. The van der Waals surface area contributed by atoms with E-state index in [1.54, 1.807) is 24.3 Å². The zero-order valence-corrected chi connectivity index (χ0v) is 10.6. The summed E-state index contributed by atoms with van der Waals surface area (Å²) in [5, 5.41) is 24.0. The van der Waals surface area contributed by atoms with Gasteiger partial charge in [0.25, 0.3) is 0 Å². The molecule has 5 heteroatoms. The second-order valence-corrected chi connectivity index (χ2v) is 4.75. The highest BCUT2D eigenvalue weighted by Gasteiger charge is 2.24. The van der Waals surface area contributed by atoms with Crippen LogP contribution in [0.2, 0.25) is 0 Å². The number of amides is 2. The molecule has 2 amide bonds. The number of nitriles is 1. The van der Waals surface area contributed by atoms with E-state index in [4.69, 9.17) is 5.26 Å². The Hall–Kier alpha value is -2.06. The number of aliphatic hydroxyl groups excluding tert-OH is 1. The fourth-order valence-electron chi connectivity index (χ4n) is 2.28. The number of hydrogen-bond acceptors (Lipinski definition) is 3. The van der Waals surface area contributed by atoms with E-state index in [1.165, 1.54) is 0 Å². The molecule has 1 aromatic rings. The zero-order chi connectivity index (χ0) is 13.7. The van der Waals surface area contributed by atoms with Crippen molar-refractivity contribution in [3.63, 3.8) is 0 Å². The zero-order valence-electron chi connectivity index (χ0n) is 10.6. The Kier molecular flexibility index (Phi) is 4.37. The van der Waals surface area contributed by atoms with Gasteiger partial charge in [0.1, 0.15) is 0 Å². The number of anilines is 1. The molecule has 0 aromatic heterocycles. The van der Waals surface area contributed by atoms with Crippen LogP contribution in [0.25, 0.3) is 0 Å². The normalized spacial score (nSPS) is 22.3. The largest absolute Gasteiger partial charge is 0.391 e. The third kappa shape index (κ3) is 3.70. The molecule has 1 aromatic carbocycles. The van der Waals surface area contributed by atoms with Gasteiger partial charge in [-0.25, -0.2) is 4.79 Å². The fraction of sp³-hybridized carbons (Fsp3) is 0.429. The van der Waals surface area contributed by atoms with Crippen LogP contribution in [-0.4, -0.2) is 23.3 Å². The molecule has 0 bridgehead atoms. The van der Waals surface area contributed by atoms with Crippen LogP contribution in [0.15, 0.2) is 24.3 Å². The van der Waals surface area contributed by atoms with Crippen LogP contribution >= 0.6 is 0 Å². The highest BCUT2D eigenvalue weighted by Crippen LogP contribution is 2.18. The molecule has 5 nitrogen and oxygen atoms in total. The first kappa shape index (κ1) is 13.4. The van der Waals surface area contributed by atoms with Gasteiger partial charge >= 0.3 is 6.03 Å². The number of aliphatic hydroxyl groups is 1. The molecule has 1 aliphatic carbocycles. The van der Waals surface area contributed by atoms with Crippen LogP contribution < -0.4 is 10.6 Å². The van der Waals surface area contributed by atoms with Crippen molar-refractivity contribution in [2.75, 3.05) is 5.32 Å². The van der Waals surface area contributed by atoms with Gasteiger partial charge in [-0.15, -0.1) is 0 Å². The van der Waals surface area contributed by atoms with Gasteiger partial charge in [-0.05, 0) is 31.0 Å². The Morgan fingerprint density at radius 3 is 2.89 bits per heavy atom. The van der Waals surface area contributed by atoms with Crippen LogP contribution in [0.3, 0.4) is 0 Å². The van der Waals surface area contributed by atoms with Crippen molar-refractivity contribution < 1.29 is 9.90 Å². The summed E-state index contributed by atoms with van der Waals surface area (Å²) in [5.41, 5.74) is 1.07. The molecule has 2 atom stereocenters. The molecular formula is C14H17N3O2. The van der Waals surface area contributed by atoms with Crippen molar-refractivity contribution >= 4 is 11.7 Å². The van der Waals surface area contributed by atoms with E-state index in [9.17, 15) is 9.90 Å². The quantitative estimate of drug-likeness (QED) is 0.759. The third-order valence-electron chi connectivity index (χ3n) is 3.30. The summed E-state index contributed by atoms with van der Waals surface area (Å²) >= 11 is 0. The summed E-state index contributed by atoms with van der Waals surface area (Å²) < 4.78 is 0. The lowest BCUT2D eigenvalue weighted by atomic mass is 9.93. The molecule has 1 saturated carbocycles. The lowest BCUT2D eigenvalue weighted by Gasteiger charge is -2.28. The van der Waals surface area contributed by atoms with Crippen LogP contribution in [0.4, 0.5) is 10.5 Å². The molecule has 3 N–H and O–H groups in total. The summed E-state index contributed by atoms with van der Waals surface area (Å²) in [4.78, 5) is 11.8. The van der Waals surface area contributed by atoms with Gasteiger partial charge in [-0.3, -0.25) is 0 Å². The van der Waals surface area contributed by atoms with Crippen molar-refractivity contribution in [1.82, 2.24) is 5.32 Å². The molecule has 1 aliphatic rings. The first-order chi connectivity index (χ1) is 9.19. The van der Waals surface area contributed by atoms with Gasteiger partial charge in [-0.2, -0.15) is 5.26 Å². The lowest BCUT2D eigenvalue weighted by molar-refractivity contribution is 0.0955. The van der Waals surface area contributed by atoms with Crippen molar-refractivity contribution in [1.29, 1.82) is 5.26 Å². The second kappa shape index (κ2) is 6.21. The fourth-order valence-corrected chi connectivity index (χ4v) is 2.28. The third-order valence-corrected chi connectivity index (χ3v) is 3.30. The molecule has 2 rings (SSSR count). The van der Waals surface area contributed by atoms with E-state index in [0.29, 0.717) is 11.3 Å². The van der Waals surface area contributed by atoms with Crippen molar-refractivity contribution in [2.45, 2.75) is 37.8 Å². The first-order valence-corrected chi connectivity index (χ1v) is 6.45. The maximum absolute atomic E-state index is 11.8. The van der Waals surface area contributed by atoms with Gasteiger partial charge in [-0.1, -0.05) is 18.9 Å². The van der Waals surface area contributed by atoms with E-state index in [1.807, 2.05) is 6.07 Å². The molecule has 0 heterocycles. The summed E-state index contributed by atoms with van der Waals surface area (Å²) in [6.07, 6.45) is 3.09. The molecule has 19 heavy (non-hydrogen) atoms. The predicted molar refractivity (Wildman–Crippen MR) is 71.6 cm³/mol. The lowest BCUT2D eigenvalue weighted by Crippen LogP contribution is -2.46. The van der Waals surface area contributed by atoms with Crippen molar-refractivity contribution in [3.8, 4) is 6.07 Å². The minimum atomic E-state index is -0.468. The van der Waals surface area contributed by atoms with E-state index in [0.717, 1.165) is 25.7 Å². The molecular weight excluding hydrogens is 242 g/mol. The first-order valence-electron chi connectivity index (χ1n) is 6.45.